The second kappa shape index (κ2) is 4.53. The van der Waals surface area contributed by atoms with E-state index in [0.29, 0.717) is 0 Å². The molecule has 0 aliphatic carbocycles. The van der Waals surface area contributed by atoms with Gasteiger partial charge in [-0.25, -0.2) is 4.98 Å². The smallest absolute Gasteiger partial charge is 0.112 e. The van der Waals surface area contributed by atoms with E-state index in [9.17, 15) is 0 Å². The molecular formula is C12H15N3S. The molecule has 84 valence electrons. The highest BCUT2D eigenvalue weighted by Gasteiger charge is 2.05. The standard InChI is InChI=1S/C12H15N3S/c1-9-8-16-12(14-9)7-15(2)11-5-3-4-10(13)6-11/h3-6,8H,7,13H2,1-2H3. The lowest BCUT2D eigenvalue weighted by atomic mass is 10.2. The molecule has 1 aromatic heterocycles. The summed E-state index contributed by atoms with van der Waals surface area (Å²) in [5, 5.41) is 3.20. The molecule has 16 heavy (non-hydrogen) atoms. The molecule has 1 heterocycles. The first kappa shape index (κ1) is 11.0. The van der Waals surface area contributed by atoms with E-state index in [4.69, 9.17) is 5.73 Å². The van der Waals surface area contributed by atoms with Gasteiger partial charge in [0.05, 0.1) is 6.54 Å². The highest BCUT2D eigenvalue weighted by molar-refractivity contribution is 7.09. The van der Waals surface area contributed by atoms with Gasteiger partial charge >= 0.3 is 0 Å². The van der Waals surface area contributed by atoms with Gasteiger partial charge < -0.3 is 10.6 Å². The minimum Gasteiger partial charge on any atom is -0.399 e. The third-order valence-corrected chi connectivity index (χ3v) is 3.30. The Hall–Kier alpha value is -1.55. The Morgan fingerprint density at radius 1 is 1.44 bits per heavy atom. The predicted molar refractivity (Wildman–Crippen MR) is 69.8 cm³/mol. The summed E-state index contributed by atoms with van der Waals surface area (Å²) in [6, 6.07) is 7.89. The molecule has 0 radical (unpaired) electrons. The fraction of sp³-hybridized carbons (Fsp3) is 0.250. The van der Waals surface area contributed by atoms with Crippen molar-refractivity contribution in [2.75, 3.05) is 17.7 Å². The van der Waals surface area contributed by atoms with Crippen LogP contribution >= 0.6 is 11.3 Å². The van der Waals surface area contributed by atoms with E-state index in [-0.39, 0.29) is 0 Å². The summed E-state index contributed by atoms with van der Waals surface area (Å²) in [5.41, 5.74) is 8.75. The summed E-state index contributed by atoms with van der Waals surface area (Å²) >= 11 is 1.69. The molecule has 0 saturated heterocycles. The van der Waals surface area contributed by atoms with Gasteiger partial charge in [0.1, 0.15) is 5.01 Å². The van der Waals surface area contributed by atoms with Crippen molar-refractivity contribution in [2.45, 2.75) is 13.5 Å². The molecule has 4 heteroatoms. The highest BCUT2D eigenvalue weighted by atomic mass is 32.1. The van der Waals surface area contributed by atoms with Crippen LogP contribution in [0, 0.1) is 6.92 Å². The minimum absolute atomic E-state index is 0.791. The number of nitrogen functional groups attached to an aromatic ring is 1. The summed E-state index contributed by atoms with van der Waals surface area (Å²) in [7, 11) is 2.05. The number of thiazole rings is 1. The normalized spacial score (nSPS) is 10.4. The number of benzene rings is 1. The number of rotatable bonds is 3. The van der Waals surface area contributed by atoms with Crippen molar-refractivity contribution < 1.29 is 0 Å². The van der Waals surface area contributed by atoms with Gasteiger partial charge in [-0.15, -0.1) is 11.3 Å². The van der Waals surface area contributed by atoms with Gasteiger partial charge in [-0.05, 0) is 25.1 Å². The van der Waals surface area contributed by atoms with Crippen LogP contribution in [0.1, 0.15) is 10.7 Å². The maximum atomic E-state index is 5.75. The topological polar surface area (TPSA) is 42.1 Å². The summed E-state index contributed by atoms with van der Waals surface area (Å²) in [6.07, 6.45) is 0. The van der Waals surface area contributed by atoms with Crippen LogP contribution < -0.4 is 10.6 Å². The Labute approximate surface area is 99.5 Å². The molecule has 2 N–H and O–H groups in total. The maximum Gasteiger partial charge on any atom is 0.112 e. The van der Waals surface area contributed by atoms with E-state index < -0.39 is 0 Å². The number of aryl methyl sites for hydroxylation is 1. The molecule has 0 aliphatic heterocycles. The SMILES string of the molecule is Cc1csc(CN(C)c2cccc(N)c2)n1. The Morgan fingerprint density at radius 2 is 2.25 bits per heavy atom. The zero-order valence-corrected chi connectivity index (χ0v) is 10.3. The summed E-state index contributed by atoms with van der Waals surface area (Å²) in [5.74, 6) is 0. The summed E-state index contributed by atoms with van der Waals surface area (Å²) in [4.78, 5) is 6.59. The monoisotopic (exact) mass is 233 g/mol. The Kier molecular flexibility index (Phi) is 3.10. The zero-order chi connectivity index (χ0) is 11.5. The molecule has 0 bridgehead atoms. The average Bonchev–Trinajstić information content (AvgIpc) is 2.64. The summed E-state index contributed by atoms with van der Waals surface area (Å²) < 4.78 is 0. The second-order valence-corrected chi connectivity index (χ2v) is 4.78. The van der Waals surface area contributed by atoms with Crippen molar-refractivity contribution in [1.29, 1.82) is 0 Å². The Bertz CT molecular complexity index is 479. The minimum atomic E-state index is 0.791. The largest absolute Gasteiger partial charge is 0.399 e. The van der Waals surface area contributed by atoms with Gasteiger partial charge in [-0.1, -0.05) is 6.07 Å². The molecule has 0 saturated carbocycles. The van der Waals surface area contributed by atoms with Crippen molar-refractivity contribution in [3.63, 3.8) is 0 Å². The lowest BCUT2D eigenvalue weighted by Gasteiger charge is -2.18. The van der Waals surface area contributed by atoms with Crippen LogP contribution in [0.2, 0.25) is 0 Å². The molecule has 1 aromatic carbocycles. The van der Waals surface area contributed by atoms with Crippen LogP contribution in [0.3, 0.4) is 0 Å². The van der Waals surface area contributed by atoms with Gasteiger partial charge in [-0.3, -0.25) is 0 Å². The van der Waals surface area contributed by atoms with Gasteiger partial charge in [0.25, 0.3) is 0 Å². The number of hydrogen-bond acceptors (Lipinski definition) is 4. The third kappa shape index (κ3) is 2.52. The fourth-order valence-corrected chi connectivity index (χ4v) is 2.36. The van der Waals surface area contributed by atoms with Gasteiger partial charge in [0.2, 0.25) is 0 Å². The van der Waals surface area contributed by atoms with E-state index in [1.165, 1.54) is 0 Å². The molecule has 2 rings (SSSR count). The van der Waals surface area contributed by atoms with Crippen molar-refractivity contribution in [1.82, 2.24) is 4.98 Å². The molecule has 0 fully saturated rings. The van der Waals surface area contributed by atoms with Crippen molar-refractivity contribution >= 4 is 22.7 Å². The number of nitrogens with zero attached hydrogens (tertiary/aromatic N) is 2. The van der Waals surface area contributed by atoms with Gasteiger partial charge in [0.15, 0.2) is 0 Å². The molecule has 3 nitrogen and oxygen atoms in total. The quantitative estimate of drug-likeness (QED) is 0.829. The van der Waals surface area contributed by atoms with Crippen LogP contribution in [0.4, 0.5) is 11.4 Å². The predicted octanol–water partition coefficient (Wildman–Crippen LogP) is 2.67. The fourth-order valence-electron chi connectivity index (χ4n) is 1.53. The van der Waals surface area contributed by atoms with Crippen LogP contribution in [-0.2, 0) is 6.54 Å². The molecule has 0 spiro atoms. The lowest BCUT2D eigenvalue weighted by molar-refractivity contribution is 0.905. The van der Waals surface area contributed by atoms with E-state index in [1.54, 1.807) is 11.3 Å². The van der Waals surface area contributed by atoms with Crippen LogP contribution in [0.15, 0.2) is 29.6 Å². The highest BCUT2D eigenvalue weighted by Crippen LogP contribution is 2.19. The number of anilines is 2. The molecule has 0 atom stereocenters. The van der Waals surface area contributed by atoms with Gasteiger partial charge in [0, 0.05) is 29.5 Å². The lowest BCUT2D eigenvalue weighted by Crippen LogP contribution is -2.16. The van der Waals surface area contributed by atoms with E-state index in [0.717, 1.165) is 28.6 Å². The second-order valence-electron chi connectivity index (χ2n) is 3.83. The molecule has 2 aromatic rings. The van der Waals surface area contributed by atoms with Crippen molar-refractivity contribution in [2.24, 2.45) is 0 Å². The Morgan fingerprint density at radius 3 is 2.88 bits per heavy atom. The number of nitrogens with two attached hydrogens (primary N) is 1. The number of aromatic nitrogens is 1. The van der Waals surface area contributed by atoms with Crippen LogP contribution in [0.5, 0.6) is 0 Å². The summed E-state index contributed by atoms with van der Waals surface area (Å²) in [6.45, 7) is 2.84. The van der Waals surface area contributed by atoms with Crippen molar-refractivity contribution in [3.05, 3.63) is 40.3 Å². The van der Waals surface area contributed by atoms with Crippen LogP contribution in [-0.4, -0.2) is 12.0 Å². The molecule has 0 aliphatic rings. The molecule has 0 unspecified atom stereocenters. The van der Waals surface area contributed by atoms with E-state index in [1.807, 2.05) is 32.2 Å². The average molecular weight is 233 g/mol. The first-order chi connectivity index (χ1) is 7.65. The maximum absolute atomic E-state index is 5.75. The van der Waals surface area contributed by atoms with Crippen molar-refractivity contribution in [3.8, 4) is 0 Å². The van der Waals surface area contributed by atoms with E-state index in [2.05, 4.69) is 21.3 Å². The molecular weight excluding hydrogens is 218 g/mol. The van der Waals surface area contributed by atoms with Gasteiger partial charge in [-0.2, -0.15) is 0 Å². The first-order valence-electron chi connectivity index (χ1n) is 5.13. The first-order valence-corrected chi connectivity index (χ1v) is 6.01. The molecule has 0 amide bonds. The Balaban J connectivity index is 2.11. The number of hydrogen-bond donors (Lipinski definition) is 1. The van der Waals surface area contributed by atoms with E-state index >= 15 is 0 Å². The third-order valence-electron chi connectivity index (χ3n) is 2.35. The van der Waals surface area contributed by atoms with Crippen LogP contribution in [0.25, 0.3) is 0 Å². The zero-order valence-electron chi connectivity index (χ0n) is 9.47.